The fourth-order valence-corrected chi connectivity index (χ4v) is 4.42. The molecule has 186 valence electrons. The van der Waals surface area contributed by atoms with Crippen molar-refractivity contribution in [1.29, 1.82) is 0 Å². The Morgan fingerprint density at radius 1 is 0.973 bits per heavy atom. The number of benzene rings is 3. The molecule has 0 bridgehead atoms. The SMILES string of the molecule is CC(C)(C)c1cc(-c2c(C(N)=O)ccc3ccccc23)n(-c2cccc(CN3C(=O)NC(=O)C3=O)c2)n1. The number of nitrogens with zero attached hydrogens (tertiary/aromatic N) is 3. The van der Waals surface area contributed by atoms with Crippen LogP contribution >= 0.6 is 0 Å². The Morgan fingerprint density at radius 2 is 1.73 bits per heavy atom. The number of carbonyl (C=O) groups is 4. The first-order chi connectivity index (χ1) is 17.5. The van der Waals surface area contributed by atoms with Gasteiger partial charge in [0, 0.05) is 16.5 Å². The van der Waals surface area contributed by atoms with E-state index in [9.17, 15) is 19.2 Å². The van der Waals surface area contributed by atoms with E-state index in [2.05, 4.69) is 0 Å². The number of aromatic nitrogens is 2. The van der Waals surface area contributed by atoms with E-state index in [0.717, 1.165) is 21.4 Å². The van der Waals surface area contributed by atoms with Gasteiger partial charge in [-0.25, -0.2) is 9.48 Å². The Hall–Kier alpha value is -4.79. The van der Waals surface area contributed by atoms with E-state index in [4.69, 9.17) is 10.8 Å². The summed E-state index contributed by atoms with van der Waals surface area (Å²) in [4.78, 5) is 49.1. The molecule has 0 unspecified atom stereocenters. The first-order valence-corrected chi connectivity index (χ1v) is 11.7. The molecule has 9 heteroatoms. The van der Waals surface area contributed by atoms with E-state index in [0.29, 0.717) is 28.1 Å². The minimum absolute atomic E-state index is 0.0756. The highest BCUT2D eigenvalue weighted by Gasteiger charge is 2.36. The maximum Gasteiger partial charge on any atom is 0.331 e. The maximum absolute atomic E-state index is 12.5. The average Bonchev–Trinajstić information content (AvgIpc) is 3.41. The van der Waals surface area contributed by atoms with Crippen molar-refractivity contribution >= 4 is 34.5 Å². The summed E-state index contributed by atoms with van der Waals surface area (Å²) >= 11 is 0. The molecule has 1 aliphatic rings. The summed E-state index contributed by atoms with van der Waals surface area (Å²) in [6.07, 6.45) is 0. The summed E-state index contributed by atoms with van der Waals surface area (Å²) in [7, 11) is 0. The minimum Gasteiger partial charge on any atom is -0.366 e. The van der Waals surface area contributed by atoms with Gasteiger partial charge >= 0.3 is 17.8 Å². The summed E-state index contributed by atoms with van der Waals surface area (Å²) in [5.41, 5.74) is 9.31. The Morgan fingerprint density at radius 3 is 2.41 bits per heavy atom. The first-order valence-electron chi connectivity index (χ1n) is 11.7. The van der Waals surface area contributed by atoms with Crippen LogP contribution in [-0.4, -0.2) is 38.4 Å². The minimum atomic E-state index is -0.944. The van der Waals surface area contributed by atoms with Crippen molar-refractivity contribution < 1.29 is 19.2 Å². The van der Waals surface area contributed by atoms with Crippen molar-refractivity contribution in [3.63, 3.8) is 0 Å². The Kier molecular flexibility index (Phi) is 5.63. The van der Waals surface area contributed by atoms with E-state index in [1.165, 1.54) is 0 Å². The average molecular weight is 496 g/mol. The zero-order valence-electron chi connectivity index (χ0n) is 20.6. The van der Waals surface area contributed by atoms with E-state index in [1.54, 1.807) is 28.9 Å². The molecule has 0 spiro atoms. The molecule has 2 heterocycles. The number of imide groups is 2. The van der Waals surface area contributed by atoms with Crippen molar-refractivity contribution in [3.8, 4) is 16.9 Å². The molecule has 5 rings (SSSR count). The lowest BCUT2D eigenvalue weighted by molar-refractivity contribution is -0.140. The zero-order valence-corrected chi connectivity index (χ0v) is 20.6. The highest BCUT2D eigenvalue weighted by Crippen LogP contribution is 2.36. The van der Waals surface area contributed by atoms with Crippen LogP contribution in [0.4, 0.5) is 4.79 Å². The second-order valence-electron chi connectivity index (χ2n) is 9.97. The fraction of sp³-hybridized carbons (Fsp3) is 0.179. The summed E-state index contributed by atoms with van der Waals surface area (Å²) in [5, 5.41) is 8.71. The number of urea groups is 1. The third-order valence-corrected chi connectivity index (χ3v) is 6.33. The van der Waals surface area contributed by atoms with Crippen LogP contribution in [0.2, 0.25) is 0 Å². The first kappa shape index (κ1) is 23.9. The molecule has 3 N–H and O–H groups in total. The number of nitrogens with one attached hydrogen (secondary N) is 1. The highest BCUT2D eigenvalue weighted by molar-refractivity contribution is 6.44. The van der Waals surface area contributed by atoms with Gasteiger partial charge in [-0.2, -0.15) is 5.10 Å². The number of hydrogen-bond donors (Lipinski definition) is 2. The molecule has 0 saturated carbocycles. The second-order valence-corrected chi connectivity index (χ2v) is 9.97. The molecule has 0 aliphatic carbocycles. The molecule has 1 aliphatic heterocycles. The van der Waals surface area contributed by atoms with E-state index in [-0.39, 0.29) is 12.0 Å². The van der Waals surface area contributed by atoms with Crippen molar-refractivity contribution in [2.24, 2.45) is 5.73 Å². The molecule has 0 radical (unpaired) electrons. The Bertz CT molecular complexity index is 1610. The van der Waals surface area contributed by atoms with Gasteiger partial charge in [-0.15, -0.1) is 0 Å². The molecular formula is C28H25N5O4. The Labute approximate surface area is 212 Å². The summed E-state index contributed by atoms with van der Waals surface area (Å²) in [6.45, 7) is 6.07. The molecule has 9 nitrogen and oxygen atoms in total. The summed E-state index contributed by atoms with van der Waals surface area (Å²) in [6, 6.07) is 19.7. The second kappa shape index (κ2) is 8.70. The number of hydrogen-bond acceptors (Lipinski definition) is 5. The number of nitrogens with two attached hydrogens (primary N) is 1. The predicted octanol–water partition coefficient (Wildman–Crippen LogP) is 3.67. The smallest absolute Gasteiger partial charge is 0.331 e. The number of amides is 5. The molecular weight excluding hydrogens is 470 g/mol. The number of carbonyl (C=O) groups excluding carboxylic acids is 4. The standard InChI is InChI=1S/C28H25N5O4/c1-28(2,3)22-14-21(23-19-10-5-4-8-17(19)11-12-20(23)24(29)34)33(31-22)18-9-6-7-16(13-18)15-32-26(36)25(35)30-27(32)37/h4-14H,15H2,1-3H3,(H2,29,34)(H,30,35,37). The van der Waals surface area contributed by atoms with Crippen molar-refractivity contribution in [3.05, 3.63) is 83.6 Å². The molecule has 5 amide bonds. The monoisotopic (exact) mass is 495 g/mol. The summed E-state index contributed by atoms with van der Waals surface area (Å²) in [5.74, 6) is -2.39. The Balaban J connectivity index is 1.70. The van der Waals surface area contributed by atoms with Crippen molar-refractivity contribution in [1.82, 2.24) is 20.0 Å². The quantitative estimate of drug-likeness (QED) is 0.323. The van der Waals surface area contributed by atoms with Gasteiger partial charge in [0.1, 0.15) is 0 Å². The largest absolute Gasteiger partial charge is 0.366 e. The van der Waals surface area contributed by atoms with Crippen LogP contribution in [0.1, 0.15) is 42.4 Å². The molecule has 37 heavy (non-hydrogen) atoms. The molecule has 1 aromatic heterocycles. The normalized spacial score (nSPS) is 13.9. The highest BCUT2D eigenvalue weighted by atomic mass is 16.2. The van der Waals surface area contributed by atoms with E-state index < -0.39 is 23.8 Å². The van der Waals surface area contributed by atoms with Gasteiger partial charge < -0.3 is 5.73 Å². The van der Waals surface area contributed by atoms with Crippen LogP contribution in [0.25, 0.3) is 27.7 Å². The van der Waals surface area contributed by atoms with Crippen LogP contribution in [0.15, 0.2) is 66.7 Å². The molecule has 1 saturated heterocycles. The zero-order chi connectivity index (χ0) is 26.5. The third-order valence-electron chi connectivity index (χ3n) is 6.33. The van der Waals surface area contributed by atoms with Crippen molar-refractivity contribution in [2.75, 3.05) is 0 Å². The number of rotatable bonds is 5. The molecule has 3 aromatic carbocycles. The lowest BCUT2D eigenvalue weighted by Crippen LogP contribution is -2.30. The lowest BCUT2D eigenvalue weighted by atomic mass is 9.90. The summed E-state index contributed by atoms with van der Waals surface area (Å²) < 4.78 is 1.75. The molecule has 4 aromatic rings. The third kappa shape index (κ3) is 4.24. The van der Waals surface area contributed by atoms with Gasteiger partial charge in [0.15, 0.2) is 0 Å². The van der Waals surface area contributed by atoms with Crippen LogP contribution in [-0.2, 0) is 21.5 Å². The fourth-order valence-electron chi connectivity index (χ4n) is 4.42. The van der Waals surface area contributed by atoms with E-state index >= 15 is 0 Å². The van der Waals surface area contributed by atoms with Gasteiger partial charge in [0.2, 0.25) is 5.91 Å². The molecule has 1 fully saturated rings. The van der Waals surface area contributed by atoms with Gasteiger partial charge in [-0.3, -0.25) is 24.6 Å². The van der Waals surface area contributed by atoms with Crippen LogP contribution in [0.5, 0.6) is 0 Å². The van der Waals surface area contributed by atoms with Crippen molar-refractivity contribution in [2.45, 2.75) is 32.7 Å². The van der Waals surface area contributed by atoms with Gasteiger partial charge in [0.05, 0.1) is 23.6 Å². The number of primary amides is 1. The van der Waals surface area contributed by atoms with Crippen LogP contribution in [0.3, 0.4) is 0 Å². The maximum atomic E-state index is 12.5. The van der Waals surface area contributed by atoms with Gasteiger partial charge in [-0.05, 0) is 40.6 Å². The van der Waals surface area contributed by atoms with E-state index in [1.807, 2.05) is 68.6 Å². The predicted molar refractivity (Wildman–Crippen MR) is 138 cm³/mol. The van der Waals surface area contributed by atoms with Crippen LogP contribution < -0.4 is 11.1 Å². The van der Waals surface area contributed by atoms with Gasteiger partial charge in [0.25, 0.3) is 0 Å². The lowest BCUT2D eigenvalue weighted by Gasteiger charge is -2.16. The van der Waals surface area contributed by atoms with Crippen LogP contribution in [0, 0.1) is 0 Å². The number of fused-ring (bicyclic) bond motifs is 1. The molecule has 0 atom stereocenters. The van der Waals surface area contributed by atoms with Gasteiger partial charge in [-0.1, -0.05) is 63.2 Å². The topological polar surface area (TPSA) is 127 Å².